The predicted octanol–water partition coefficient (Wildman–Crippen LogP) is 4.04. The first-order chi connectivity index (χ1) is 13.8. The first kappa shape index (κ1) is 21.3. The first-order valence-corrected chi connectivity index (χ1v) is 10.2. The second-order valence-electron chi connectivity index (χ2n) is 7.80. The number of aromatic nitrogens is 2. The second kappa shape index (κ2) is 9.39. The maximum absolute atomic E-state index is 13.2. The summed E-state index contributed by atoms with van der Waals surface area (Å²) in [4.78, 5) is 23.2. The number of nitrogens with zero attached hydrogens (tertiary/aromatic N) is 3. The highest BCUT2D eigenvalue weighted by atomic mass is 35.5. The van der Waals surface area contributed by atoms with E-state index in [9.17, 15) is 9.18 Å². The second-order valence-corrected chi connectivity index (χ2v) is 8.20. The summed E-state index contributed by atoms with van der Waals surface area (Å²) in [5.41, 5.74) is 1.42. The number of hydrogen-bond donors (Lipinski definition) is 2. The van der Waals surface area contributed by atoms with Crippen LogP contribution in [0.25, 0.3) is 0 Å². The van der Waals surface area contributed by atoms with E-state index in [1.807, 2.05) is 32.1 Å². The molecule has 1 aromatic heterocycles. The van der Waals surface area contributed by atoms with Gasteiger partial charge in [-0.25, -0.2) is 9.37 Å². The smallest absolute Gasteiger partial charge is 0.251 e. The fourth-order valence-corrected chi connectivity index (χ4v) is 3.81. The van der Waals surface area contributed by atoms with Crippen molar-refractivity contribution < 1.29 is 9.18 Å². The van der Waals surface area contributed by atoms with Crippen LogP contribution in [0.15, 0.2) is 24.4 Å². The quantitative estimate of drug-likeness (QED) is 0.739. The summed E-state index contributed by atoms with van der Waals surface area (Å²) in [7, 11) is 3.94. The summed E-state index contributed by atoms with van der Waals surface area (Å²) >= 11 is 5.75. The standard InChI is InChI=1S/C21H27ClFN5O/c1-13-11-25-21(27-19(13)28(2)3)26-16-7-4-14(5-8-16)12-24-20(29)15-6-9-18(23)17(22)10-15/h6,9-11,14,16H,4-5,7-8,12H2,1-3H3,(H,24,29)(H,25,26,27)/t14-,16+. The summed E-state index contributed by atoms with van der Waals surface area (Å²) in [6, 6.07) is 4.34. The van der Waals surface area contributed by atoms with Gasteiger partial charge in [0.05, 0.1) is 5.02 Å². The van der Waals surface area contributed by atoms with Crippen molar-refractivity contribution in [3.63, 3.8) is 0 Å². The Balaban J connectivity index is 1.46. The van der Waals surface area contributed by atoms with Gasteiger partial charge in [-0.1, -0.05) is 11.6 Å². The first-order valence-electron chi connectivity index (χ1n) is 9.84. The van der Waals surface area contributed by atoms with Gasteiger partial charge in [0.2, 0.25) is 5.95 Å². The Labute approximate surface area is 175 Å². The van der Waals surface area contributed by atoms with Crippen molar-refractivity contribution in [3.05, 3.63) is 46.4 Å². The van der Waals surface area contributed by atoms with Gasteiger partial charge in [-0.15, -0.1) is 0 Å². The monoisotopic (exact) mass is 419 g/mol. The van der Waals surface area contributed by atoms with Crippen LogP contribution in [-0.4, -0.2) is 42.6 Å². The minimum atomic E-state index is -0.524. The molecule has 1 amide bonds. The van der Waals surface area contributed by atoms with Gasteiger partial charge < -0.3 is 15.5 Å². The van der Waals surface area contributed by atoms with E-state index >= 15 is 0 Å². The SMILES string of the molecule is Cc1cnc(N[C@H]2CC[C@@H](CNC(=O)c3ccc(F)c(Cl)c3)CC2)nc1N(C)C. The third kappa shape index (κ3) is 5.56. The lowest BCUT2D eigenvalue weighted by Crippen LogP contribution is -2.34. The van der Waals surface area contributed by atoms with Gasteiger partial charge in [-0.3, -0.25) is 4.79 Å². The van der Waals surface area contributed by atoms with E-state index in [0.29, 0.717) is 30.0 Å². The molecular weight excluding hydrogens is 393 g/mol. The number of amides is 1. The molecule has 0 spiro atoms. The van der Waals surface area contributed by atoms with E-state index in [2.05, 4.69) is 20.6 Å². The molecule has 6 nitrogen and oxygen atoms in total. The van der Waals surface area contributed by atoms with Crippen LogP contribution in [0.4, 0.5) is 16.2 Å². The fourth-order valence-electron chi connectivity index (χ4n) is 3.63. The van der Waals surface area contributed by atoms with Crippen LogP contribution in [0.3, 0.4) is 0 Å². The van der Waals surface area contributed by atoms with E-state index in [1.165, 1.54) is 18.2 Å². The van der Waals surface area contributed by atoms with Gasteiger partial charge in [0.1, 0.15) is 11.6 Å². The number of anilines is 2. The lowest BCUT2D eigenvalue weighted by Gasteiger charge is -2.29. The normalized spacial score (nSPS) is 18.9. The van der Waals surface area contributed by atoms with E-state index in [1.54, 1.807) is 0 Å². The molecule has 1 aliphatic carbocycles. The van der Waals surface area contributed by atoms with E-state index < -0.39 is 5.82 Å². The molecule has 1 fully saturated rings. The van der Waals surface area contributed by atoms with Crippen molar-refractivity contribution >= 4 is 29.3 Å². The molecule has 29 heavy (non-hydrogen) atoms. The number of benzene rings is 1. The zero-order valence-corrected chi connectivity index (χ0v) is 17.8. The van der Waals surface area contributed by atoms with Crippen LogP contribution in [0, 0.1) is 18.7 Å². The minimum Gasteiger partial charge on any atom is -0.362 e. The average molecular weight is 420 g/mol. The molecule has 1 aliphatic rings. The maximum Gasteiger partial charge on any atom is 0.251 e. The zero-order chi connectivity index (χ0) is 21.0. The van der Waals surface area contributed by atoms with Crippen molar-refractivity contribution in [2.24, 2.45) is 5.92 Å². The molecule has 0 aliphatic heterocycles. The summed E-state index contributed by atoms with van der Waals surface area (Å²) in [5.74, 6) is 1.24. The summed E-state index contributed by atoms with van der Waals surface area (Å²) in [6.45, 7) is 2.60. The van der Waals surface area contributed by atoms with E-state index in [0.717, 1.165) is 37.1 Å². The lowest BCUT2D eigenvalue weighted by molar-refractivity contribution is 0.0943. The highest BCUT2D eigenvalue weighted by Gasteiger charge is 2.22. The fraction of sp³-hybridized carbons (Fsp3) is 0.476. The van der Waals surface area contributed by atoms with Gasteiger partial charge in [0.25, 0.3) is 5.91 Å². The van der Waals surface area contributed by atoms with Crippen LogP contribution in [0.2, 0.25) is 5.02 Å². The molecule has 0 saturated heterocycles. The molecule has 3 rings (SSSR count). The van der Waals surface area contributed by atoms with Gasteiger partial charge in [0, 0.05) is 44.0 Å². The van der Waals surface area contributed by atoms with Crippen LogP contribution in [0.5, 0.6) is 0 Å². The zero-order valence-electron chi connectivity index (χ0n) is 17.0. The molecule has 0 radical (unpaired) electrons. The van der Waals surface area contributed by atoms with Crippen LogP contribution in [-0.2, 0) is 0 Å². The molecule has 0 bridgehead atoms. The molecule has 8 heteroatoms. The van der Waals surface area contributed by atoms with Gasteiger partial charge >= 0.3 is 0 Å². The molecule has 0 atom stereocenters. The number of hydrogen-bond acceptors (Lipinski definition) is 5. The number of nitrogens with one attached hydrogen (secondary N) is 2. The summed E-state index contributed by atoms with van der Waals surface area (Å²) in [6.07, 6.45) is 5.85. The van der Waals surface area contributed by atoms with Gasteiger partial charge in [-0.2, -0.15) is 4.98 Å². The Morgan fingerprint density at radius 3 is 2.66 bits per heavy atom. The molecule has 156 valence electrons. The molecule has 1 saturated carbocycles. The highest BCUT2D eigenvalue weighted by Crippen LogP contribution is 2.26. The van der Waals surface area contributed by atoms with Crippen LogP contribution >= 0.6 is 11.6 Å². The maximum atomic E-state index is 13.2. The highest BCUT2D eigenvalue weighted by molar-refractivity contribution is 6.31. The number of aryl methyl sites for hydroxylation is 1. The van der Waals surface area contributed by atoms with Crippen LogP contribution < -0.4 is 15.5 Å². The van der Waals surface area contributed by atoms with E-state index in [4.69, 9.17) is 11.6 Å². The third-order valence-electron chi connectivity index (χ3n) is 5.28. The van der Waals surface area contributed by atoms with Gasteiger partial charge in [0.15, 0.2) is 0 Å². The topological polar surface area (TPSA) is 70.1 Å². The summed E-state index contributed by atoms with van der Waals surface area (Å²) in [5, 5.41) is 6.33. The Morgan fingerprint density at radius 2 is 2.00 bits per heavy atom. The average Bonchev–Trinajstić information content (AvgIpc) is 2.70. The van der Waals surface area contributed by atoms with Crippen molar-refractivity contribution in [3.8, 4) is 0 Å². The van der Waals surface area contributed by atoms with Crippen LogP contribution in [0.1, 0.15) is 41.6 Å². The molecule has 2 aromatic rings. The lowest BCUT2D eigenvalue weighted by atomic mass is 9.86. The van der Waals surface area contributed by atoms with Gasteiger partial charge in [-0.05, 0) is 56.7 Å². The third-order valence-corrected chi connectivity index (χ3v) is 5.57. The Bertz CT molecular complexity index is 868. The Hall–Kier alpha value is -2.41. The van der Waals surface area contributed by atoms with Crippen molar-refractivity contribution in [2.75, 3.05) is 30.9 Å². The number of carbonyl (C=O) groups excluding carboxylic acids is 1. The predicted molar refractivity (Wildman–Crippen MR) is 114 cm³/mol. The number of carbonyl (C=O) groups is 1. The minimum absolute atomic E-state index is 0.0417. The molecule has 2 N–H and O–H groups in total. The molecule has 0 unspecified atom stereocenters. The molecule has 1 aromatic carbocycles. The summed E-state index contributed by atoms with van der Waals surface area (Å²) < 4.78 is 13.2. The number of rotatable bonds is 6. The van der Waals surface area contributed by atoms with Crippen molar-refractivity contribution in [1.29, 1.82) is 0 Å². The van der Waals surface area contributed by atoms with Crippen molar-refractivity contribution in [1.82, 2.24) is 15.3 Å². The molecular formula is C21H27ClFN5O. The molecule has 1 heterocycles. The Kier molecular flexibility index (Phi) is 6.90. The van der Waals surface area contributed by atoms with E-state index in [-0.39, 0.29) is 10.9 Å². The van der Waals surface area contributed by atoms with Crippen molar-refractivity contribution in [2.45, 2.75) is 38.6 Å². The largest absolute Gasteiger partial charge is 0.362 e. The number of halogens is 2. The Morgan fingerprint density at radius 1 is 1.28 bits per heavy atom.